The third kappa shape index (κ3) is 3.66. The van der Waals surface area contributed by atoms with E-state index in [1.807, 2.05) is 0 Å². The van der Waals surface area contributed by atoms with Gasteiger partial charge < -0.3 is 10.5 Å². The molecule has 1 aromatic rings. The van der Waals surface area contributed by atoms with E-state index in [-0.39, 0.29) is 16.6 Å². The van der Waals surface area contributed by atoms with Gasteiger partial charge in [-0.3, -0.25) is 0 Å². The van der Waals surface area contributed by atoms with Crippen LogP contribution in [-0.4, -0.2) is 27.7 Å². The van der Waals surface area contributed by atoms with E-state index < -0.39 is 12.8 Å². The van der Waals surface area contributed by atoms with Crippen LogP contribution in [0.2, 0.25) is 0 Å². The van der Waals surface area contributed by atoms with E-state index in [0.29, 0.717) is 0 Å². The van der Waals surface area contributed by atoms with Crippen molar-refractivity contribution in [2.24, 2.45) is 5.73 Å². The zero-order chi connectivity index (χ0) is 11.5. The smallest absolute Gasteiger partial charge is 0.422 e. The van der Waals surface area contributed by atoms with Crippen molar-refractivity contribution in [1.82, 2.24) is 9.97 Å². The summed E-state index contributed by atoms with van der Waals surface area (Å²) < 4.78 is 39.9. The number of aromatic nitrogens is 2. The Labute approximate surface area is 88.3 Å². The molecule has 0 amide bonds. The van der Waals surface area contributed by atoms with E-state index in [1.165, 1.54) is 12.4 Å². The highest BCUT2D eigenvalue weighted by Gasteiger charge is 2.29. The first kappa shape index (κ1) is 11.6. The lowest BCUT2D eigenvalue weighted by atomic mass is 10.4. The summed E-state index contributed by atoms with van der Waals surface area (Å²) in [6.45, 7) is -1.46. The van der Waals surface area contributed by atoms with Crippen molar-refractivity contribution >= 4 is 17.2 Å². The minimum absolute atomic E-state index is 0.0586. The maximum absolute atomic E-state index is 11.8. The van der Waals surface area contributed by atoms with E-state index in [1.54, 1.807) is 0 Å². The molecule has 4 nitrogen and oxygen atoms in total. The summed E-state index contributed by atoms with van der Waals surface area (Å²) in [4.78, 5) is 7.04. The lowest BCUT2D eigenvalue weighted by Crippen LogP contribution is -2.22. The number of rotatable bonds is 3. The topological polar surface area (TPSA) is 61.0 Å². The van der Waals surface area contributed by atoms with Gasteiger partial charge >= 0.3 is 6.18 Å². The van der Waals surface area contributed by atoms with Crippen molar-refractivity contribution in [2.45, 2.75) is 6.18 Å². The van der Waals surface area contributed by atoms with E-state index in [9.17, 15) is 13.2 Å². The third-order valence-corrected chi connectivity index (χ3v) is 1.46. The van der Waals surface area contributed by atoms with Gasteiger partial charge in [-0.25, -0.2) is 9.97 Å². The first-order valence-corrected chi connectivity index (χ1v) is 4.11. The van der Waals surface area contributed by atoms with Crippen LogP contribution in [0, 0.1) is 0 Å². The maximum Gasteiger partial charge on any atom is 0.422 e. The standard InChI is InChI=1S/C7H6F3N3OS/c8-7(9,10)3-14-6-4(5(11)15)12-1-2-13-6/h1-2H,3H2,(H2,11,15). The molecule has 1 rings (SSSR count). The second-order valence-corrected chi connectivity index (χ2v) is 2.92. The Hall–Kier alpha value is -1.44. The lowest BCUT2D eigenvalue weighted by Gasteiger charge is -2.09. The SMILES string of the molecule is NC(=S)c1nccnc1OCC(F)(F)F. The molecule has 2 N–H and O–H groups in total. The Bertz CT molecular complexity index is 369. The van der Waals surface area contributed by atoms with E-state index in [0.717, 1.165) is 0 Å². The predicted molar refractivity (Wildman–Crippen MR) is 49.5 cm³/mol. The molecule has 15 heavy (non-hydrogen) atoms. The molecule has 0 saturated carbocycles. The molecule has 1 heterocycles. The second kappa shape index (κ2) is 4.39. The average Bonchev–Trinajstić information content (AvgIpc) is 2.14. The molecule has 0 aliphatic carbocycles. The number of thiocarbonyl (C=S) groups is 1. The molecule has 0 saturated heterocycles. The molecule has 1 aromatic heterocycles. The van der Waals surface area contributed by atoms with Crippen molar-refractivity contribution in [1.29, 1.82) is 0 Å². The van der Waals surface area contributed by atoms with Gasteiger partial charge in [-0.15, -0.1) is 0 Å². The molecule has 0 unspecified atom stereocenters. The van der Waals surface area contributed by atoms with Crippen LogP contribution in [0.5, 0.6) is 5.88 Å². The fourth-order valence-corrected chi connectivity index (χ4v) is 0.890. The molecule has 0 atom stereocenters. The molecular weight excluding hydrogens is 231 g/mol. The largest absolute Gasteiger partial charge is 0.466 e. The molecule has 0 bridgehead atoms. The third-order valence-electron chi connectivity index (χ3n) is 1.27. The summed E-state index contributed by atoms with van der Waals surface area (Å²) in [6, 6.07) is 0. The average molecular weight is 237 g/mol. The van der Waals surface area contributed by atoms with Gasteiger partial charge in [0.1, 0.15) is 4.99 Å². The fourth-order valence-electron chi connectivity index (χ4n) is 0.750. The Balaban J connectivity index is 2.81. The van der Waals surface area contributed by atoms with Gasteiger partial charge in [-0.1, -0.05) is 12.2 Å². The highest BCUT2D eigenvalue weighted by atomic mass is 32.1. The highest BCUT2D eigenvalue weighted by molar-refractivity contribution is 7.80. The summed E-state index contributed by atoms with van der Waals surface area (Å²) in [5.41, 5.74) is 5.16. The molecule has 8 heteroatoms. The van der Waals surface area contributed by atoms with Gasteiger partial charge in [0.15, 0.2) is 12.3 Å². The highest BCUT2D eigenvalue weighted by Crippen LogP contribution is 2.18. The first-order chi connectivity index (χ1) is 6.90. The molecule has 0 fully saturated rings. The van der Waals surface area contributed by atoms with Crippen LogP contribution in [0.1, 0.15) is 5.69 Å². The van der Waals surface area contributed by atoms with Crippen LogP contribution in [0.4, 0.5) is 13.2 Å². The first-order valence-electron chi connectivity index (χ1n) is 3.70. The summed E-state index contributed by atoms with van der Waals surface area (Å²) in [6.07, 6.45) is -1.99. The second-order valence-electron chi connectivity index (χ2n) is 2.48. The van der Waals surface area contributed by atoms with Crippen molar-refractivity contribution in [3.63, 3.8) is 0 Å². The van der Waals surface area contributed by atoms with Crippen LogP contribution in [0.15, 0.2) is 12.4 Å². The molecule has 0 aromatic carbocycles. The Kier molecular flexibility index (Phi) is 3.40. The number of alkyl halides is 3. The molecule has 0 spiro atoms. The van der Waals surface area contributed by atoms with Gasteiger partial charge in [0.25, 0.3) is 0 Å². The molecular formula is C7H6F3N3OS. The van der Waals surface area contributed by atoms with E-state index in [4.69, 9.17) is 5.73 Å². The number of halogens is 3. The van der Waals surface area contributed by atoms with Crippen LogP contribution < -0.4 is 10.5 Å². The van der Waals surface area contributed by atoms with Crippen LogP contribution in [0.3, 0.4) is 0 Å². The Morgan fingerprint density at radius 1 is 1.40 bits per heavy atom. The van der Waals surface area contributed by atoms with Crippen molar-refractivity contribution < 1.29 is 17.9 Å². The van der Waals surface area contributed by atoms with Crippen LogP contribution in [-0.2, 0) is 0 Å². The number of nitrogens with zero attached hydrogens (tertiary/aromatic N) is 2. The number of hydrogen-bond acceptors (Lipinski definition) is 4. The Morgan fingerprint density at radius 3 is 2.53 bits per heavy atom. The number of hydrogen-bond donors (Lipinski definition) is 1. The molecule has 0 aliphatic rings. The molecule has 0 aliphatic heterocycles. The maximum atomic E-state index is 11.8. The van der Waals surface area contributed by atoms with Gasteiger partial charge in [-0.2, -0.15) is 13.2 Å². The number of nitrogens with two attached hydrogens (primary N) is 1. The molecule has 0 radical (unpaired) electrons. The monoisotopic (exact) mass is 237 g/mol. The Morgan fingerprint density at radius 2 is 2.00 bits per heavy atom. The fraction of sp³-hybridized carbons (Fsp3) is 0.286. The van der Waals surface area contributed by atoms with E-state index >= 15 is 0 Å². The van der Waals surface area contributed by atoms with E-state index in [2.05, 4.69) is 26.9 Å². The van der Waals surface area contributed by atoms with Crippen LogP contribution in [0.25, 0.3) is 0 Å². The van der Waals surface area contributed by atoms with Crippen LogP contribution >= 0.6 is 12.2 Å². The zero-order valence-electron chi connectivity index (χ0n) is 7.28. The van der Waals surface area contributed by atoms with Crippen molar-refractivity contribution in [3.05, 3.63) is 18.1 Å². The minimum atomic E-state index is -4.44. The lowest BCUT2D eigenvalue weighted by molar-refractivity contribution is -0.154. The van der Waals surface area contributed by atoms with Gasteiger partial charge in [0.05, 0.1) is 0 Å². The predicted octanol–water partition coefficient (Wildman–Crippen LogP) is 1.05. The summed E-state index contributed by atoms with van der Waals surface area (Å²) in [7, 11) is 0. The van der Waals surface area contributed by atoms with Gasteiger partial charge in [0.2, 0.25) is 5.88 Å². The van der Waals surface area contributed by atoms with Crippen molar-refractivity contribution in [3.8, 4) is 5.88 Å². The van der Waals surface area contributed by atoms with Gasteiger partial charge in [-0.05, 0) is 0 Å². The number of ether oxygens (including phenoxy) is 1. The van der Waals surface area contributed by atoms with Gasteiger partial charge in [0, 0.05) is 12.4 Å². The minimum Gasteiger partial charge on any atom is -0.466 e. The summed E-state index contributed by atoms with van der Waals surface area (Å²) >= 11 is 4.57. The zero-order valence-corrected chi connectivity index (χ0v) is 8.10. The normalized spacial score (nSPS) is 11.1. The summed E-state index contributed by atoms with van der Waals surface area (Å²) in [5.74, 6) is -0.317. The quantitative estimate of drug-likeness (QED) is 0.796. The molecule has 82 valence electrons. The summed E-state index contributed by atoms with van der Waals surface area (Å²) in [5, 5.41) is 0. The van der Waals surface area contributed by atoms with Crippen molar-refractivity contribution in [2.75, 3.05) is 6.61 Å².